The van der Waals surface area contributed by atoms with Crippen molar-refractivity contribution in [3.8, 4) is 0 Å². The molecule has 2 amide bonds. The van der Waals surface area contributed by atoms with Gasteiger partial charge >= 0.3 is 12.1 Å². The van der Waals surface area contributed by atoms with Crippen molar-refractivity contribution >= 4 is 33.5 Å². The first kappa shape index (κ1) is 28.2. The van der Waals surface area contributed by atoms with Crippen molar-refractivity contribution in [2.75, 3.05) is 17.9 Å². The van der Waals surface area contributed by atoms with Crippen LogP contribution in [0.15, 0.2) is 52.4 Å². The molecular formula is C20H23F3N6O6S. The summed E-state index contributed by atoms with van der Waals surface area (Å²) in [6, 6.07) is 11.1. The number of alkyl halides is 3. The summed E-state index contributed by atoms with van der Waals surface area (Å²) in [4.78, 5) is 40.2. The van der Waals surface area contributed by atoms with Gasteiger partial charge in [0.2, 0.25) is 21.9 Å². The highest BCUT2D eigenvalue weighted by atomic mass is 32.2. The molecule has 1 aromatic carbocycles. The maximum absolute atomic E-state index is 12.8. The van der Waals surface area contributed by atoms with Crippen molar-refractivity contribution in [1.82, 2.24) is 15.2 Å². The number of benzene rings is 1. The van der Waals surface area contributed by atoms with Crippen LogP contribution in [0.25, 0.3) is 0 Å². The predicted molar refractivity (Wildman–Crippen MR) is 123 cm³/mol. The second-order valence-electron chi connectivity index (χ2n) is 7.24. The van der Waals surface area contributed by atoms with Crippen LogP contribution in [0.4, 0.5) is 18.9 Å². The van der Waals surface area contributed by atoms with E-state index in [9.17, 15) is 36.0 Å². The Morgan fingerprint density at radius 2 is 1.81 bits per heavy atom. The molecule has 36 heavy (non-hydrogen) atoms. The van der Waals surface area contributed by atoms with E-state index in [0.29, 0.717) is 11.3 Å². The second kappa shape index (κ2) is 12.1. The lowest BCUT2D eigenvalue weighted by molar-refractivity contribution is -0.171. The maximum Gasteiger partial charge on any atom is 0.471 e. The average molecular weight is 533 g/mol. The minimum Gasteiger partial charge on any atom is -0.391 e. The Morgan fingerprint density at radius 1 is 1.14 bits per heavy atom. The van der Waals surface area contributed by atoms with Crippen LogP contribution in [0.3, 0.4) is 0 Å². The Morgan fingerprint density at radius 3 is 2.44 bits per heavy atom. The number of aromatic nitrogens is 1. The molecule has 12 nitrogen and oxygen atoms in total. The molecule has 0 saturated heterocycles. The highest BCUT2D eigenvalue weighted by Gasteiger charge is 2.39. The Labute approximate surface area is 203 Å². The van der Waals surface area contributed by atoms with Crippen LogP contribution >= 0.6 is 0 Å². The van der Waals surface area contributed by atoms with E-state index < -0.39 is 46.1 Å². The third-order valence-corrected chi connectivity index (χ3v) is 5.58. The first-order chi connectivity index (χ1) is 16.8. The molecule has 1 aromatic heterocycles. The zero-order valence-electron chi connectivity index (χ0n) is 18.8. The highest BCUT2D eigenvalue weighted by molar-refractivity contribution is 7.91. The van der Waals surface area contributed by atoms with Gasteiger partial charge in [0.15, 0.2) is 0 Å². The number of pyridine rings is 1. The summed E-state index contributed by atoms with van der Waals surface area (Å²) in [5, 5.41) is 6.70. The minimum atomic E-state index is -5.15. The normalized spacial score (nSPS) is 12.1. The van der Waals surface area contributed by atoms with Gasteiger partial charge in [0, 0.05) is 5.69 Å². The predicted octanol–water partition coefficient (Wildman–Crippen LogP) is 0.140. The van der Waals surface area contributed by atoms with E-state index >= 15 is 0 Å². The summed E-state index contributed by atoms with van der Waals surface area (Å²) in [7, 11) is -3.90. The fourth-order valence-corrected chi connectivity index (χ4v) is 3.90. The van der Waals surface area contributed by atoms with Gasteiger partial charge in [-0.2, -0.15) is 13.2 Å². The van der Waals surface area contributed by atoms with Crippen molar-refractivity contribution < 1.29 is 36.0 Å². The largest absolute Gasteiger partial charge is 0.471 e. The number of carbonyl (C=O) groups is 2. The van der Waals surface area contributed by atoms with Gasteiger partial charge in [-0.05, 0) is 29.8 Å². The van der Waals surface area contributed by atoms with Gasteiger partial charge in [0.05, 0.1) is 12.3 Å². The third kappa shape index (κ3) is 8.94. The molecule has 0 atom stereocenters. The number of nitrogens with zero attached hydrogens (tertiary/aromatic N) is 2. The van der Waals surface area contributed by atoms with Gasteiger partial charge < -0.3 is 20.5 Å². The standard InChI is InChI=1S/C20H23F3N6O6S/c1-13-7-8-15(28-36(33,34)12-14-5-3-2-4-6-14)17(31)29(13)11-16(30)25-9-10-35-27-19(24)26-18(32)20(21,22)23/h2-8,28H,9-12H2,1H3,(H,25,30)(H3,24,26,27,32). The molecule has 5 N–H and O–H groups in total. The van der Waals surface area contributed by atoms with Gasteiger partial charge in [-0.15, -0.1) is 0 Å². The van der Waals surface area contributed by atoms with Crippen LogP contribution in [0.1, 0.15) is 11.3 Å². The molecule has 0 bridgehead atoms. The molecule has 1 heterocycles. The lowest BCUT2D eigenvalue weighted by Crippen LogP contribution is -2.44. The number of rotatable bonds is 10. The molecule has 2 rings (SSSR count). The Bertz CT molecular complexity index is 1280. The van der Waals surface area contributed by atoms with Crippen LogP contribution in [-0.4, -0.2) is 50.1 Å². The topological polar surface area (TPSA) is 174 Å². The van der Waals surface area contributed by atoms with Gasteiger partial charge in [0.25, 0.3) is 5.56 Å². The van der Waals surface area contributed by atoms with E-state index in [2.05, 4.69) is 20.0 Å². The van der Waals surface area contributed by atoms with Crippen molar-refractivity contribution in [2.24, 2.45) is 10.9 Å². The number of aryl methyl sites for hydroxylation is 1. The molecule has 0 aliphatic heterocycles. The number of halogens is 3. The summed E-state index contributed by atoms with van der Waals surface area (Å²) in [5.41, 5.74) is 5.00. The molecule has 16 heteroatoms. The first-order valence-electron chi connectivity index (χ1n) is 10.1. The van der Waals surface area contributed by atoms with Gasteiger partial charge in [-0.1, -0.05) is 30.3 Å². The van der Waals surface area contributed by atoms with Crippen molar-refractivity contribution in [3.63, 3.8) is 0 Å². The second-order valence-corrected chi connectivity index (χ2v) is 8.96. The van der Waals surface area contributed by atoms with Crippen molar-refractivity contribution in [2.45, 2.75) is 25.4 Å². The van der Waals surface area contributed by atoms with E-state index in [1.807, 2.05) is 0 Å². The van der Waals surface area contributed by atoms with Crippen LogP contribution in [0.5, 0.6) is 0 Å². The number of guanidine groups is 1. The molecule has 0 radical (unpaired) electrons. The number of carbonyl (C=O) groups excluding carboxylic acids is 2. The lowest BCUT2D eigenvalue weighted by atomic mass is 10.2. The van der Waals surface area contributed by atoms with Gasteiger partial charge in [-0.3, -0.25) is 24.4 Å². The number of nitrogens with one attached hydrogen (secondary N) is 3. The van der Waals surface area contributed by atoms with Crippen LogP contribution in [0.2, 0.25) is 0 Å². The quantitative estimate of drug-likeness (QED) is 0.146. The van der Waals surface area contributed by atoms with Gasteiger partial charge in [0.1, 0.15) is 18.8 Å². The first-order valence-corrected chi connectivity index (χ1v) is 11.8. The SMILES string of the molecule is Cc1ccc(NS(=O)(=O)Cc2ccccc2)c(=O)n1CC(=O)NCCO/N=C(\N)NC(=O)C(F)(F)F. The Balaban J connectivity index is 1.91. The number of oxime groups is 1. The molecule has 0 unspecified atom stereocenters. The summed E-state index contributed by atoms with van der Waals surface area (Å²) in [5.74, 6) is -4.26. The molecule has 196 valence electrons. The number of hydrogen-bond acceptors (Lipinski definition) is 7. The van der Waals surface area contributed by atoms with Crippen molar-refractivity contribution in [3.05, 3.63) is 64.1 Å². The number of amides is 2. The smallest absolute Gasteiger partial charge is 0.391 e. The minimum absolute atomic E-state index is 0.167. The number of sulfonamides is 1. The summed E-state index contributed by atoms with van der Waals surface area (Å²) in [6.07, 6.45) is -5.15. The monoisotopic (exact) mass is 532 g/mol. The molecule has 0 spiro atoms. The van der Waals surface area contributed by atoms with Crippen LogP contribution in [0, 0.1) is 6.92 Å². The van der Waals surface area contributed by atoms with Gasteiger partial charge in [-0.25, -0.2) is 8.42 Å². The molecule has 0 fully saturated rings. The third-order valence-electron chi connectivity index (χ3n) is 4.34. The molecule has 2 aromatic rings. The maximum atomic E-state index is 12.8. The summed E-state index contributed by atoms with van der Waals surface area (Å²) >= 11 is 0. The summed E-state index contributed by atoms with van der Waals surface area (Å²) in [6.45, 7) is 0.611. The molecule has 0 aliphatic rings. The van der Waals surface area contributed by atoms with Crippen molar-refractivity contribution in [1.29, 1.82) is 0 Å². The highest BCUT2D eigenvalue weighted by Crippen LogP contribution is 2.13. The van der Waals surface area contributed by atoms with Crippen LogP contribution in [-0.2, 0) is 36.7 Å². The summed E-state index contributed by atoms with van der Waals surface area (Å²) < 4.78 is 64.5. The molecular weight excluding hydrogens is 509 g/mol. The Kier molecular flexibility index (Phi) is 9.43. The van der Waals surface area contributed by atoms with E-state index in [4.69, 9.17) is 5.73 Å². The number of hydrogen-bond donors (Lipinski definition) is 4. The number of nitrogens with two attached hydrogens (primary N) is 1. The van der Waals surface area contributed by atoms with E-state index in [0.717, 1.165) is 4.57 Å². The molecule has 0 aliphatic carbocycles. The molecule has 0 saturated carbocycles. The zero-order valence-corrected chi connectivity index (χ0v) is 19.6. The fraction of sp³-hybridized carbons (Fsp3) is 0.300. The fourth-order valence-electron chi connectivity index (χ4n) is 2.70. The van der Waals surface area contributed by atoms with E-state index in [1.54, 1.807) is 37.3 Å². The Hall–Kier alpha value is -4.08. The van der Waals surface area contributed by atoms with E-state index in [1.165, 1.54) is 17.4 Å². The lowest BCUT2D eigenvalue weighted by Gasteiger charge is -2.13. The van der Waals surface area contributed by atoms with Crippen LogP contribution < -0.4 is 26.6 Å². The zero-order chi connectivity index (χ0) is 26.9. The van der Waals surface area contributed by atoms with E-state index in [-0.39, 0.29) is 24.6 Å². The average Bonchev–Trinajstić information content (AvgIpc) is 2.78. The number of anilines is 1.